The standard InChI is InChI=1S/C47H35N/c1-3-15-33(16-4-1)34-29-31-35(32-30-34)46-42-24-9-7-21-39(42)38(40-22-8-10-25-43(40)46)26-13-17-36-18-14-27-44-41-23-11-12-28-45(41)48(47(36)44)37-19-5-2-6-20-37/h1-12,14-16,18-25,27-32H,13,17,26H2. The fraction of sp³-hybridized carbons (Fsp3) is 0.0638. The number of aryl methyl sites for hydroxylation is 2. The number of para-hydroxylation sites is 3. The Labute approximate surface area is 281 Å². The number of hydrogen-bond acceptors (Lipinski definition) is 0. The van der Waals surface area contributed by atoms with Gasteiger partial charge in [0.15, 0.2) is 0 Å². The Balaban J connectivity index is 1.12. The summed E-state index contributed by atoms with van der Waals surface area (Å²) >= 11 is 0. The van der Waals surface area contributed by atoms with E-state index in [2.05, 4.69) is 180 Å². The zero-order valence-corrected chi connectivity index (χ0v) is 26.8. The third-order valence-corrected chi connectivity index (χ3v) is 9.99. The molecule has 1 heterocycles. The van der Waals surface area contributed by atoms with E-state index < -0.39 is 0 Å². The van der Waals surface area contributed by atoms with E-state index in [0.29, 0.717) is 0 Å². The smallest absolute Gasteiger partial charge is 0.0573 e. The van der Waals surface area contributed by atoms with Gasteiger partial charge in [0, 0.05) is 16.5 Å². The molecule has 0 saturated carbocycles. The molecule has 228 valence electrons. The van der Waals surface area contributed by atoms with Gasteiger partial charge in [-0.05, 0) is 92.4 Å². The van der Waals surface area contributed by atoms with Gasteiger partial charge in [-0.3, -0.25) is 0 Å². The summed E-state index contributed by atoms with van der Waals surface area (Å²) in [5.41, 5.74) is 11.7. The minimum absolute atomic E-state index is 1.01. The van der Waals surface area contributed by atoms with Gasteiger partial charge in [-0.2, -0.15) is 0 Å². The second-order valence-electron chi connectivity index (χ2n) is 12.7. The van der Waals surface area contributed by atoms with Crippen molar-refractivity contribution in [3.05, 3.63) is 187 Å². The summed E-state index contributed by atoms with van der Waals surface area (Å²) in [6, 6.07) is 64.3. The lowest BCUT2D eigenvalue weighted by molar-refractivity contribution is 0.831. The fourth-order valence-electron chi connectivity index (χ4n) is 7.85. The number of nitrogens with zero attached hydrogens (tertiary/aromatic N) is 1. The maximum atomic E-state index is 2.46. The Kier molecular flexibility index (Phi) is 7.09. The highest BCUT2D eigenvalue weighted by molar-refractivity contribution is 6.15. The van der Waals surface area contributed by atoms with Crippen LogP contribution in [0.15, 0.2) is 176 Å². The van der Waals surface area contributed by atoms with Gasteiger partial charge in [-0.25, -0.2) is 0 Å². The van der Waals surface area contributed by atoms with E-state index >= 15 is 0 Å². The first-order valence-corrected chi connectivity index (χ1v) is 17.0. The molecule has 48 heavy (non-hydrogen) atoms. The summed E-state index contributed by atoms with van der Waals surface area (Å²) in [7, 11) is 0. The fourth-order valence-corrected chi connectivity index (χ4v) is 7.85. The highest BCUT2D eigenvalue weighted by atomic mass is 15.0. The minimum atomic E-state index is 1.01. The maximum absolute atomic E-state index is 2.46. The summed E-state index contributed by atoms with van der Waals surface area (Å²) in [6.45, 7) is 0. The molecule has 1 nitrogen and oxygen atoms in total. The summed E-state index contributed by atoms with van der Waals surface area (Å²) in [6.07, 6.45) is 3.08. The van der Waals surface area contributed by atoms with Crippen molar-refractivity contribution in [3.63, 3.8) is 0 Å². The zero-order chi connectivity index (χ0) is 31.9. The van der Waals surface area contributed by atoms with Crippen LogP contribution in [0.5, 0.6) is 0 Å². The summed E-state index contributed by atoms with van der Waals surface area (Å²) in [4.78, 5) is 0. The molecule has 0 aliphatic heterocycles. The van der Waals surface area contributed by atoms with Crippen LogP contribution in [0, 0.1) is 0 Å². The minimum Gasteiger partial charge on any atom is -0.309 e. The Morgan fingerprint density at radius 2 is 0.875 bits per heavy atom. The van der Waals surface area contributed by atoms with Gasteiger partial charge in [-0.1, -0.05) is 158 Å². The highest BCUT2D eigenvalue weighted by Gasteiger charge is 2.17. The normalized spacial score (nSPS) is 11.6. The second-order valence-corrected chi connectivity index (χ2v) is 12.7. The monoisotopic (exact) mass is 613 g/mol. The van der Waals surface area contributed by atoms with Crippen LogP contribution >= 0.6 is 0 Å². The zero-order valence-electron chi connectivity index (χ0n) is 26.8. The van der Waals surface area contributed by atoms with E-state index in [1.807, 2.05) is 0 Å². The Hall–Kier alpha value is -5.92. The molecule has 0 saturated heterocycles. The van der Waals surface area contributed by atoms with E-state index in [4.69, 9.17) is 0 Å². The average molecular weight is 614 g/mol. The van der Waals surface area contributed by atoms with Crippen molar-refractivity contribution >= 4 is 43.4 Å². The molecular weight excluding hydrogens is 579 g/mol. The molecular formula is C47H35N. The van der Waals surface area contributed by atoms with Crippen molar-refractivity contribution in [2.75, 3.05) is 0 Å². The maximum Gasteiger partial charge on any atom is 0.0573 e. The number of aromatic nitrogens is 1. The number of hydrogen-bond donors (Lipinski definition) is 0. The van der Waals surface area contributed by atoms with E-state index in [0.717, 1.165) is 19.3 Å². The first-order chi connectivity index (χ1) is 23.8. The van der Waals surface area contributed by atoms with E-state index in [9.17, 15) is 0 Å². The Bertz CT molecular complexity index is 2500. The lowest BCUT2D eigenvalue weighted by Gasteiger charge is -2.18. The third-order valence-electron chi connectivity index (χ3n) is 9.99. The number of benzene rings is 8. The molecule has 9 aromatic rings. The van der Waals surface area contributed by atoms with Crippen LogP contribution in [0.2, 0.25) is 0 Å². The second kappa shape index (κ2) is 12.0. The van der Waals surface area contributed by atoms with Crippen molar-refractivity contribution in [1.29, 1.82) is 0 Å². The predicted molar refractivity (Wildman–Crippen MR) is 205 cm³/mol. The van der Waals surface area contributed by atoms with Gasteiger partial charge in [-0.15, -0.1) is 0 Å². The van der Waals surface area contributed by atoms with Gasteiger partial charge in [0.1, 0.15) is 0 Å². The summed E-state index contributed by atoms with van der Waals surface area (Å²) in [5, 5.41) is 7.99. The lowest BCUT2D eigenvalue weighted by Crippen LogP contribution is -1.99. The molecule has 0 aliphatic carbocycles. The summed E-state index contributed by atoms with van der Waals surface area (Å²) < 4.78 is 2.46. The molecule has 0 bridgehead atoms. The van der Waals surface area contributed by atoms with Crippen molar-refractivity contribution in [3.8, 4) is 27.9 Å². The van der Waals surface area contributed by atoms with Gasteiger partial charge >= 0.3 is 0 Å². The number of rotatable bonds is 7. The van der Waals surface area contributed by atoms with E-state index in [1.54, 1.807) is 0 Å². The SMILES string of the molecule is c1ccc(-c2ccc(-c3c4ccccc4c(CCCc4cccc5c6ccccc6n(-c6ccccc6)c45)c4ccccc34)cc2)cc1. The van der Waals surface area contributed by atoms with Crippen molar-refractivity contribution in [2.24, 2.45) is 0 Å². The van der Waals surface area contributed by atoms with Crippen LogP contribution in [0.1, 0.15) is 17.5 Å². The number of fused-ring (bicyclic) bond motifs is 5. The van der Waals surface area contributed by atoms with Crippen LogP contribution in [0.3, 0.4) is 0 Å². The van der Waals surface area contributed by atoms with E-state index in [-0.39, 0.29) is 0 Å². The van der Waals surface area contributed by atoms with Gasteiger partial charge in [0.25, 0.3) is 0 Å². The summed E-state index contributed by atoms with van der Waals surface area (Å²) in [5.74, 6) is 0. The Morgan fingerprint density at radius 1 is 0.354 bits per heavy atom. The molecule has 0 aliphatic rings. The van der Waals surface area contributed by atoms with Gasteiger partial charge in [0.05, 0.1) is 11.0 Å². The predicted octanol–water partition coefficient (Wildman–Crippen LogP) is 12.6. The third kappa shape index (κ3) is 4.79. The molecule has 0 N–H and O–H groups in total. The molecule has 0 fully saturated rings. The Morgan fingerprint density at radius 3 is 1.56 bits per heavy atom. The van der Waals surface area contributed by atoms with Crippen LogP contribution in [-0.2, 0) is 12.8 Å². The van der Waals surface area contributed by atoms with Crippen molar-refractivity contribution < 1.29 is 0 Å². The molecule has 0 amide bonds. The van der Waals surface area contributed by atoms with Crippen molar-refractivity contribution in [2.45, 2.75) is 19.3 Å². The van der Waals surface area contributed by atoms with Gasteiger partial charge < -0.3 is 4.57 Å². The quantitative estimate of drug-likeness (QED) is 0.158. The van der Waals surface area contributed by atoms with Crippen molar-refractivity contribution in [1.82, 2.24) is 4.57 Å². The molecule has 0 radical (unpaired) electrons. The molecule has 9 rings (SSSR count). The first-order valence-electron chi connectivity index (χ1n) is 17.0. The van der Waals surface area contributed by atoms with Crippen LogP contribution < -0.4 is 0 Å². The van der Waals surface area contributed by atoms with E-state index in [1.165, 1.54) is 82.4 Å². The largest absolute Gasteiger partial charge is 0.309 e. The molecule has 1 aromatic heterocycles. The van der Waals surface area contributed by atoms with Crippen LogP contribution in [-0.4, -0.2) is 4.57 Å². The molecule has 0 spiro atoms. The molecule has 0 unspecified atom stereocenters. The van der Waals surface area contributed by atoms with Crippen LogP contribution in [0.25, 0.3) is 71.3 Å². The molecule has 0 atom stereocenters. The molecule has 8 aromatic carbocycles. The van der Waals surface area contributed by atoms with Crippen LogP contribution in [0.4, 0.5) is 0 Å². The highest BCUT2D eigenvalue weighted by Crippen LogP contribution is 2.41. The lowest BCUT2D eigenvalue weighted by atomic mass is 9.86. The molecule has 1 heteroatoms. The van der Waals surface area contributed by atoms with Gasteiger partial charge in [0.2, 0.25) is 0 Å². The topological polar surface area (TPSA) is 4.93 Å². The first kappa shape index (κ1) is 28.3. The average Bonchev–Trinajstić information content (AvgIpc) is 3.51.